The number of likely N-dealkylation sites (tertiary alicyclic amines) is 1. The zero-order chi connectivity index (χ0) is 18.9. The van der Waals surface area contributed by atoms with E-state index < -0.39 is 5.97 Å². The van der Waals surface area contributed by atoms with Crippen LogP contribution >= 0.6 is 0 Å². The Kier molecular flexibility index (Phi) is 8.17. The first-order chi connectivity index (χ1) is 12.5. The number of piperidine rings is 1. The fourth-order valence-electron chi connectivity index (χ4n) is 3.64. The van der Waals surface area contributed by atoms with Crippen LogP contribution in [0.5, 0.6) is 0 Å². The van der Waals surface area contributed by atoms with Crippen LogP contribution in [-0.2, 0) is 4.79 Å². The van der Waals surface area contributed by atoms with E-state index in [-0.39, 0.29) is 6.04 Å². The van der Waals surface area contributed by atoms with Gasteiger partial charge in [0.2, 0.25) is 0 Å². The van der Waals surface area contributed by atoms with Gasteiger partial charge >= 0.3 is 5.97 Å². The number of carboxylic acid groups (broad SMARTS) is 1. The number of allylic oxidation sites excluding steroid dienone is 5. The van der Waals surface area contributed by atoms with Gasteiger partial charge in [-0.15, -0.1) is 0 Å². The Balaban J connectivity index is 1.89. The SMILES string of the molecule is C=C/C=C\C(=C/C)CNC(CC1CCN(C(C)C(=O)O)CC1)=C1CCC1. The summed E-state index contributed by atoms with van der Waals surface area (Å²) in [6.07, 6.45) is 15.1. The van der Waals surface area contributed by atoms with Crippen LogP contribution in [0, 0.1) is 5.92 Å². The molecule has 1 aliphatic carbocycles. The molecule has 4 nitrogen and oxygen atoms in total. The Labute approximate surface area is 158 Å². The largest absolute Gasteiger partial charge is 0.480 e. The molecule has 26 heavy (non-hydrogen) atoms. The number of nitrogens with zero attached hydrogens (tertiary/aromatic N) is 1. The Morgan fingerprint density at radius 1 is 1.38 bits per heavy atom. The highest BCUT2D eigenvalue weighted by Gasteiger charge is 2.27. The van der Waals surface area contributed by atoms with Gasteiger partial charge < -0.3 is 10.4 Å². The van der Waals surface area contributed by atoms with Crippen LogP contribution in [0.4, 0.5) is 0 Å². The van der Waals surface area contributed by atoms with Gasteiger partial charge in [-0.1, -0.05) is 36.5 Å². The maximum absolute atomic E-state index is 11.2. The van der Waals surface area contributed by atoms with Crippen LogP contribution in [-0.4, -0.2) is 41.7 Å². The predicted octanol–water partition coefficient (Wildman–Crippen LogP) is 4.28. The maximum atomic E-state index is 11.2. The summed E-state index contributed by atoms with van der Waals surface area (Å²) in [4.78, 5) is 13.3. The van der Waals surface area contributed by atoms with Gasteiger partial charge in [-0.3, -0.25) is 9.69 Å². The Morgan fingerprint density at radius 3 is 2.58 bits per heavy atom. The van der Waals surface area contributed by atoms with Crippen molar-refractivity contribution < 1.29 is 9.90 Å². The number of hydrogen-bond acceptors (Lipinski definition) is 3. The van der Waals surface area contributed by atoms with Crippen molar-refractivity contribution in [2.24, 2.45) is 5.92 Å². The van der Waals surface area contributed by atoms with Crippen LogP contribution in [0.25, 0.3) is 0 Å². The minimum Gasteiger partial charge on any atom is -0.480 e. The molecule has 144 valence electrons. The summed E-state index contributed by atoms with van der Waals surface area (Å²) in [7, 11) is 0. The van der Waals surface area contributed by atoms with Gasteiger partial charge in [-0.25, -0.2) is 0 Å². The second-order valence-electron chi connectivity index (χ2n) is 7.45. The molecule has 2 rings (SSSR count). The van der Waals surface area contributed by atoms with Crippen molar-refractivity contribution in [2.45, 2.75) is 58.4 Å². The Morgan fingerprint density at radius 2 is 2.08 bits per heavy atom. The topological polar surface area (TPSA) is 52.6 Å². The van der Waals surface area contributed by atoms with Crippen molar-refractivity contribution in [1.29, 1.82) is 0 Å². The van der Waals surface area contributed by atoms with Gasteiger partial charge in [-0.2, -0.15) is 0 Å². The van der Waals surface area contributed by atoms with Crippen molar-refractivity contribution >= 4 is 5.97 Å². The van der Waals surface area contributed by atoms with E-state index in [0.29, 0.717) is 5.92 Å². The van der Waals surface area contributed by atoms with E-state index in [9.17, 15) is 9.90 Å². The fourth-order valence-corrected chi connectivity index (χ4v) is 3.64. The molecule has 4 heteroatoms. The molecule has 0 aromatic rings. The van der Waals surface area contributed by atoms with Gasteiger partial charge in [0.1, 0.15) is 6.04 Å². The fraction of sp³-hybridized carbons (Fsp3) is 0.591. The molecule has 0 bridgehead atoms. The molecule has 0 aromatic carbocycles. The smallest absolute Gasteiger partial charge is 0.320 e. The minimum atomic E-state index is -0.714. The normalized spacial score (nSPS) is 20.7. The van der Waals surface area contributed by atoms with Crippen molar-refractivity contribution in [2.75, 3.05) is 19.6 Å². The van der Waals surface area contributed by atoms with Gasteiger partial charge in [0.25, 0.3) is 0 Å². The lowest BCUT2D eigenvalue weighted by Gasteiger charge is -2.35. The molecule has 0 radical (unpaired) electrons. The first-order valence-electron chi connectivity index (χ1n) is 9.91. The van der Waals surface area contributed by atoms with Gasteiger partial charge in [0, 0.05) is 12.2 Å². The van der Waals surface area contributed by atoms with Gasteiger partial charge in [-0.05, 0) is 77.0 Å². The summed E-state index contributed by atoms with van der Waals surface area (Å²) in [5.74, 6) is -0.0607. The number of carboxylic acids is 1. The zero-order valence-electron chi connectivity index (χ0n) is 16.3. The Hall–Kier alpha value is -1.81. The monoisotopic (exact) mass is 358 g/mol. The first-order valence-corrected chi connectivity index (χ1v) is 9.91. The number of rotatable bonds is 9. The average molecular weight is 359 g/mol. The number of hydrogen-bond donors (Lipinski definition) is 2. The highest BCUT2D eigenvalue weighted by Crippen LogP contribution is 2.33. The van der Waals surface area contributed by atoms with E-state index >= 15 is 0 Å². The molecule has 1 heterocycles. The summed E-state index contributed by atoms with van der Waals surface area (Å²) in [6.45, 7) is 10.2. The standard InChI is InChI=1S/C22H34N2O2/c1-4-6-8-18(5-2)16-23-21(20-9-7-10-20)15-19-11-13-24(14-12-19)17(3)22(25)26/h4-6,8,17,19,23H,1,7,9-16H2,2-3H3,(H,25,26)/b8-6-,18-5+. The van der Waals surface area contributed by atoms with E-state index in [1.807, 2.05) is 6.08 Å². The average Bonchev–Trinajstić information content (AvgIpc) is 2.60. The molecule has 0 aromatic heterocycles. The van der Waals surface area contributed by atoms with E-state index in [0.717, 1.165) is 38.9 Å². The zero-order valence-corrected chi connectivity index (χ0v) is 16.3. The summed E-state index contributed by atoms with van der Waals surface area (Å²) in [6, 6.07) is -0.368. The molecule has 2 fully saturated rings. The van der Waals surface area contributed by atoms with Crippen molar-refractivity contribution in [3.63, 3.8) is 0 Å². The maximum Gasteiger partial charge on any atom is 0.320 e. The molecule has 1 unspecified atom stereocenters. The third-order valence-corrected chi connectivity index (χ3v) is 5.75. The molecule has 2 N–H and O–H groups in total. The molecule has 0 amide bonds. The van der Waals surface area contributed by atoms with Crippen molar-refractivity contribution in [1.82, 2.24) is 10.2 Å². The van der Waals surface area contributed by atoms with E-state index in [1.54, 1.807) is 18.6 Å². The number of aliphatic carboxylic acids is 1. The second-order valence-corrected chi connectivity index (χ2v) is 7.45. The van der Waals surface area contributed by atoms with Crippen LogP contribution in [0.15, 0.2) is 47.7 Å². The summed E-state index contributed by atoms with van der Waals surface area (Å²) in [5.41, 5.74) is 4.30. The lowest BCUT2D eigenvalue weighted by molar-refractivity contribution is -0.143. The van der Waals surface area contributed by atoms with Crippen LogP contribution in [0.2, 0.25) is 0 Å². The summed E-state index contributed by atoms with van der Waals surface area (Å²) < 4.78 is 0. The quantitative estimate of drug-likeness (QED) is 0.604. The van der Waals surface area contributed by atoms with Gasteiger partial charge in [0.05, 0.1) is 0 Å². The predicted molar refractivity (Wildman–Crippen MR) is 108 cm³/mol. The van der Waals surface area contributed by atoms with Crippen molar-refractivity contribution in [3.8, 4) is 0 Å². The number of nitrogens with one attached hydrogen (secondary N) is 1. The van der Waals surface area contributed by atoms with Crippen molar-refractivity contribution in [3.05, 3.63) is 47.7 Å². The highest BCUT2D eigenvalue weighted by molar-refractivity contribution is 5.72. The number of carbonyl (C=O) groups is 1. The first kappa shape index (κ1) is 20.5. The lowest BCUT2D eigenvalue weighted by Crippen LogP contribution is -2.44. The van der Waals surface area contributed by atoms with Crippen LogP contribution < -0.4 is 5.32 Å². The van der Waals surface area contributed by atoms with Gasteiger partial charge in [0.15, 0.2) is 0 Å². The minimum absolute atomic E-state index is 0.368. The molecule has 1 aliphatic heterocycles. The summed E-state index contributed by atoms with van der Waals surface area (Å²) in [5, 5.41) is 12.9. The van der Waals surface area contributed by atoms with E-state index in [1.165, 1.54) is 30.5 Å². The third kappa shape index (κ3) is 5.87. The molecular formula is C22H34N2O2. The molecular weight excluding hydrogens is 324 g/mol. The van der Waals surface area contributed by atoms with E-state index in [2.05, 4.69) is 35.9 Å². The third-order valence-electron chi connectivity index (χ3n) is 5.75. The molecule has 1 atom stereocenters. The molecule has 1 saturated heterocycles. The van der Waals surface area contributed by atoms with E-state index in [4.69, 9.17) is 0 Å². The molecule has 2 aliphatic rings. The second kappa shape index (κ2) is 10.4. The molecule has 1 saturated carbocycles. The summed E-state index contributed by atoms with van der Waals surface area (Å²) >= 11 is 0. The Bertz CT molecular complexity index is 575. The van der Waals surface area contributed by atoms with Crippen LogP contribution in [0.1, 0.15) is 52.4 Å². The van der Waals surface area contributed by atoms with Crippen LogP contribution in [0.3, 0.4) is 0 Å². The molecule has 0 spiro atoms. The lowest BCUT2D eigenvalue weighted by atomic mass is 9.84. The highest BCUT2D eigenvalue weighted by atomic mass is 16.4.